The van der Waals surface area contributed by atoms with E-state index in [0.29, 0.717) is 22.9 Å². The maximum absolute atomic E-state index is 15.3. The summed E-state index contributed by atoms with van der Waals surface area (Å²) in [6.07, 6.45) is -2.72. The molecule has 28 N–H and O–H groups in total. The molecule has 1 aliphatic rings. The Hall–Kier alpha value is -14.6. The van der Waals surface area contributed by atoms with Crippen LogP contribution in [0.1, 0.15) is 127 Å². The van der Waals surface area contributed by atoms with Crippen molar-refractivity contribution >= 4 is 124 Å². The molecule has 0 unspecified atom stereocenters. The van der Waals surface area contributed by atoms with Gasteiger partial charge in [-0.1, -0.05) is 96.5 Å². The number of phenolic OH excluding ortho intramolecular Hbond substituents is 4. The fourth-order valence-corrected chi connectivity index (χ4v) is 14.4. The van der Waals surface area contributed by atoms with Crippen molar-refractivity contribution in [1.29, 1.82) is 5.41 Å². The number of nitrogens with zero attached hydrogens (tertiary/aromatic N) is 1. The third-order valence-electron chi connectivity index (χ3n) is 20.8. The highest BCUT2D eigenvalue weighted by Gasteiger charge is 2.39. The minimum Gasteiger partial charge on any atom is -0.508 e. The number of aliphatic carboxylic acids is 2. The number of carboxylic acid groups (broad SMARTS) is 2. The SMILES string of the molecule is CC[C@H](C)[C@@H]1NC(=O)[C@H](CCCNC(=N)N)NC(=O)[C@H](Cc2ccc(O)cc2)NC(=O)[C@H](Cc2ccc(O)cc2)NC(=O)[C@H](CCC(=O)O)NC(=O)[C@H](Cc2c[nH]cn2)NC(=O)[C@H](Cc2ccc(O)cc2)NC(=O)CSC[C@@H](C(=O)NCC(N)=O)NC(=O)CNC(=O)[C@H](CC(C)C)NC(=O)[C@H](CCC(=O)O)NC(=O)CNC(=O)[C@H](Cc2ccc(O)cc2)NC(=O)[C@H](CC(C)C)NC1=O. The van der Waals surface area contributed by atoms with Gasteiger partial charge in [0, 0.05) is 63.4 Å². The van der Waals surface area contributed by atoms with Gasteiger partial charge in [-0.25, -0.2) is 4.98 Å². The second-order valence-electron chi connectivity index (χ2n) is 32.7. The number of benzene rings is 4. The summed E-state index contributed by atoms with van der Waals surface area (Å²) in [6.45, 7) is 7.35. The molecule has 722 valence electrons. The number of aromatic nitrogens is 2. The molecule has 1 aromatic heterocycles. The molecule has 0 aliphatic carbocycles. The number of phenols is 4. The number of nitrogens with two attached hydrogens (primary N) is 2. The number of rotatable bonds is 29. The molecule has 1 saturated heterocycles. The van der Waals surface area contributed by atoms with Gasteiger partial charge in [-0.05, 0) is 127 Å². The number of carbonyl (C=O) groups excluding carboxylic acids is 16. The minimum absolute atomic E-state index is 0.0219. The summed E-state index contributed by atoms with van der Waals surface area (Å²) in [4.78, 5) is 262. The monoisotopic (exact) mass is 1870 g/mol. The second kappa shape index (κ2) is 54.1. The van der Waals surface area contributed by atoms with Crippen LogP contribution in [0.4, 0.5) is 0 Å². The molecule has 0 bridgehead atoms. The summed E-state index contributed by atoms with van der Waals surface area (Å²) < 4.78 is 0. The molecule has 1 aliphatic heterocycles. The highest BCUT2D eigenvalue weighted by atomic mass is 32.2. The van der Waals surface area contributed by atoms with Crippen molar-refractivity contribution in [3.8, 4) is 23.0 Å². The number of imidazole rings is 1. The van der Waals surface area contributed by atoms with E-state index in [1.165, 1.54) is 110 Å². The van der Waals surface area contributed by atoms with Gasteiger partial charge in [-0.2, -0.15) is 0 Å². The molecule has 0 spiro atoms. The Morgan fingerprint density at radius 2 is 0.782 bits per heavy atom. The molecule has 2 heterocycles. The molecule has 5 aromatic rings. The number of thioether (sulfide) groups is 1. The van der Waals surface area contributed by atoms with Crippen molar-refractivity contribution in [2.24, 2.45) is 29.2 Å². The predicted octanol–water partition coefficient (Wildman–Crippen LogP) is -3.73. The lowest BCUT2D eigenvalue weighted by Crippen LogP contribution is -2.62. The first-order valence-electron chi connectivity index (χ1n) is 42.9. The topological polar surface area (TPSA) is 726 Å². The molecule has 0 saturated carbocycles. The third kappa shape index (κ3) is 38.9. The first-order valence-corrected chi connectivity index (χ1v) is 44.1. The first kappa shape index (κ1) is 107. The van der Waals surface area contributed by atoms with Crippen LogP contribution in [0.25, 0.3) is 0 Å². The highest BCUT2D eigenvalue weighted by Crippen LogP contribution is 2.21. The minimum atomic E-state index is -1.91. The molecule has 0 radical (unpaired) electrons. The predicted molar refractivity (Wildman–Crippen MR) is 480 cm³/mol. The zero-order chi connectivity index (χ0) is 98.1. The van der Waals surface area contributed by atoms with E-state index in [0.717, 1.165) is 0 Å². The lowest BCUT2D eigenvalue weighted by atomic mass is 9.95. The summed E-state index contributed by atoms with van der Waals surface area (Å²) in [7, 11) is 0. The van der Waals surface area contributed by atoms with Crippen molar-refractivity contribution in [2.75, 3.05) is 37.7 Å². The van der Waals surface area contributed by atoms with Gasteiger partial charge in [0.1, 0.15) is 95.5 Å². The molecule has 46 heteroatoms. The molecule has 1 fully saturated rings. The fourth-order valence-electron chi connectivity index (χ4n) is 13.6. The van der Waals surface area contributed by atoms with Gasteiger partial charge >= 0.3 is 11.9 Å². The standard InChI is InChI=1S/C87H119N21O24S/c1-7-47(6)74-86(132)107-61(32-46(4)5)81(127)103-62(33-48-10-18-53(109)19-11-48)76(122)95-40-69(114)97-58(26-28-72(117)118)78(124)102-60(31-45(2)3)75(121)94-41-70(115)99-67(77(123)93-39-68(88)113)42-133-43-71(116)98-63(34-49-12-20-54(110)21-13-49)82(128)106-66(37-52-38-91-44-96-52)85(131)101-59(27-29-73(119)120)79(125)104-65(36-51-16-24-56(112)25-17-51)84(130)105-64(35-50-14-22-55(111)23-15-50)83(129)100-57(80(126)108-74)9-8-30-92-87(89)90/h10-25,38,44-47,57-67,74,109-112H,7-9,26-37,39-43H2,1-6H3,(H2,88,113)(H,91,96)(H,93,123)(H,94,121)(H,95,122)(H,97,114)(H,98,116)(H,99,115)(H,100,129)(H,101,131)(H,102,124)(H,103,127)(H,104,125)(H,105,130)(H,106,128)(H,107,132)(H,108,126)(H,117,118)(H,119,120)(H4,89,90,92)/t47-,57-,58-,59-,60-,61-,62-,63-,64-,65-,66-,67-,74-/m0/s1. The molecule has 45 nitrogen and oxygen atoms in total. The number of carbonyl (C=O) groups is 18. The number of hydrogen-bond donors (Lipinski definition) is 26. The van der Waals surface area contributed by atoms with Gasteiger partial charge in [0.15, 0.2) is 5.96 Å². The molecule has 4 aromatic carbocycles. The Morgan fingerprint density at radius 1 is 0.436 bits per heavy atom. The van der Waals surface area contributed by atoms with E-state index in [1.807, 2.05) is 0 Å². The second-order valence-corrected chi connectivity index (χ2v) is 33.7. The van der Waals surface area contributed by atoms with Crippen LogP contribution < -0.4 is 96.5 Å². The zero-order valence-corrected chi connectivity index (χ0v) is 75.1. The molecule has 16 amide bonds. The van der Waals surface area contributed by atoms with Crippen LogP contribution in [0, 0.1) is 23.2 Å². The van der Waals surface area contributed by atoms with E-state index in [4.69, 9.17) is 16.9 Å². The van der Waals surface area contributed by atoms with Crippen LogP contribution in [-0.4, -0.2) is 263 Å². The van der Waals surface area contributed by atoms with E-state index in [9.17, 15) is 88.2 Å². The average Bonchev–Trinajstić information content (AvgIpc) is 1.71. The van der Waals surface area contributed by atoms with Gasteiger partial charge in [-0.15, -0.1) is 11.8 Å². The summed E-state index contributed by atoms with van der Waals surface area (Å²) in [5, 5.41) is 109. The number of H-pyrrole nitrogens is 1. The molecular weight excluding hydrogens is 1760 g/mol. The number of hydrogen-bond acceptors (Lipinski definition) is 25. The van der Waals surface area contributed by atoms with E-state index in [1.54, 1.807) is 41.5 Å². The van der Waals surface area contributed by atoms with Gasteiger partial charge in [0.2, 0.25) is 94.5 Å². The number of guanidine groups is 1. The van der Waals surface area contributed by atoms with Gasteiger partial charge in [-0.3, -0.25) is 91.7 Å². The van der Waals surface area contributed by atoms with Crippen molar-refractivity contribution in [1.82, 2.24) is 95.0 Å². The van der Waals surface area contributed by atoms with Crippen LogP contribution in [0.3, 0.4) is 0 Å². The third-order valence-corrected chi connectivity index (χ3v) is 21.8. The van der Waals surface area contributed by atoms with Crippen molar-refractivity contribution < 1.29 is 117 Å². The highest BCUT2D eigenvalue weighted by molar-refractivity contribution is 8.00. The van der Waals surface area contributed by atoms with E-state index >= 15 is 28.8 Å². The number of aromatic hydroxyl groups is 4. The Labute approximate surface area is 769 Å². The number of aromatic amines is 1. The van der Waals surface area contributed by atoms with E-state index in [-0.39, 0.29) is 103 Å². The molecule has 133 heavy (non-hydrogen) atoms. The van der Waals surface area contributed by atoms with Gasteiger partial charge in [0.05, 0.1) is 37.4 Å². The van der Waals surface area contributed by atoms with Crippen molar-refractivity contribution in [3.63, 3.8) is 0 Å². The maximum Gasteiger partial charge on any atom is 0.303 e. The normalized spacial score (nSPS) is 22.1. The quantitative estimate of drug-likeness (QED) is 0.0124. The Kier molecular flexibility index (Phi) is 43.6. The molecule has 6 rings (SSSR count). The van der Waals surface area contributed by atoms with Crippen LogP contribution in [0.15, 0.2) is 110 Å². The zero-order valence-electron chi connectivity index (χ0n) is 74.2. The van der Waals surface area contributed by atoms with Crippen LogP contribution in [0.2, 0.25) is 0 Å². The molecular formula is C87H119N21O24S. The Bertz CT molecular complexity index is 4860. The van der Waals surface area contributed by atoms with Crippen LogP contribution in [-0.2, 0) is 118 Å². The van der Waals surface area contributed by atoms with Crippen molar-refractivity contribution in [3.05, 3.63) is 138 Å². The number of nitrogens with one attached hydrogen (secondary N) is 18. The number of amides is 16. The Balaban J connectivity index is 1.47. The molecule has 13 atom stereocenters. The number of carboxylic acids is 2. The Morgan fingerprint density at radius 3 is 1.19 bits per heavy atom. The van der Waals surface area contributed by atoms with Gasteiger partial charge in [0.25, 0.3) is 0 Å². The number of primary amides is 1. The fraction of sp³-hybridized carbons (Fsp3) is 0.471. The lowest BCUT2D eigenvalue weighted by Gasteiger charge is -2.30. The maximum atomic E-state index is 15.3. The van der Waals surface area contributed by atoms with E-state index in [2.05, 4.69) is 95.0 Å². The van der Waals surface area contributed by atoms with Gasteiger partial charge < -0.3 is 132 Å². The van der Waals surface area contributed by atoms with E-state index < -0.39 is 267 Å². The largest absolute Gasteiger partial charge is 0.508 e. The lowest BCUT2D eigenvalue weighted by molar-refractivity contribution is -0.139. The van der Waals surface area contributed by atoms with Crippen LogP contribution >= 0.6 is 11.8 Å². The summed E-state index contributed by atoms with van der Waals surface area (Å²) in [5.74, 6) is -23.6. The summed E-state index contributed by atoms with van der Waals surface area (Å²) >= 11 is 0.698. The smallest absolute Gasteiger partial charge is 0.303 e. The average molecular weight is 1880 g/mol. The summed E-state index contributed by atoms with van der Waals surface area (Å²) in [6, 6.07) is 1.37. The van der Waals surface area contributed by atoms with Crippen LogP contribution in [0.5, 0.6) is 23.0 Å². The first-order chi connectivity index (χ1) is 63.0. The van der Waals surface area contributed by atoms with Crippen molar-refractivity contribution in [2.45, 2.75) is 204 Å². The summed E-state index contributed by atoms with van der Waals surface area (Å²) in [5.41, 5.74) is 12.3.